The van der Waals surface area contributed by atoms with Crippen LogP contribution in [-0.2, 0) is 6.54 Å². The van der Waals surface area contributed by atoms with Gasteiger partial charge in [-0.2, -0.15) is 0 Å². The molecule has 16 heavy (non-hydrogen) atoms. The summed E-state index contributed by atoms with van der Waals surface area (Å²) >= 11 is 0. The molecule has 2 fully saturated rings. The molecule has 2 saturated carbocycles. The fraction of sp³-hybridized carbons (Fsp3) is 0.833. The predicted octanol–water partition coefficient (Wildman–Crippen LogP) is 1.90. The molecule has 1 aromatic rings. The first-order valence-electron chi connectivity index (χ1n) is 6.31. The standard InChI is InChI=1S/C12H19N3O/c1-8-14-15-12(16-8)7-13-6-11-5-9-2-3-10(11)4-9/h9-11,13H,2-7H2,1H3. The summed E-state index contributed by atoms with van der Waals surface area (Å²) in [6.45, 7) is 3.66. The van der Waals surface area contributed by atoms with Crippen LogP contribution in [0, 0.1) is 24.7 Å². The highest BCUT2D eigenvalue weighted by atomic mass is 16.4. The van der Waals surface area contributed by atoms with E-state index in [2.05, 4.69) is 15.5 Å². The Kier molecular flexibility index (Phi) is 2.67. The van der Waals surface area contributed by atoms with Gasteiger partial charge in [-0.05, 0) is 43.6 Å². The zero-order valence-corrected chi connectivity index (χ0v) is 9.78. The number of nitrogens with zero attached hydrogens (tertiary/aromatic N) is 2. The first kappa shape index (κ1) is 10.3. The fourth-order valence-corrected chi connectivity index (χ4v) is 3.40. The van der Waals surface area contributed by atoms with Crippen LogP contribution in [0.25, 0.3) is 0 Å². The van der Waals surface area contributed by atoms with Gasteiger partial charge in [0.1, 0.15) is 0 Å². The number of hydrogen-bond donors (Lipinski definition) is 1. The van der Waals surface area contributed by atoms with Crippen molar-refractivity contribution in [3.63, 3.8) is 0 Å². The first-order chi connectivity index (χ1) is 7.81. The summed E-state index contributed by atoms with van der Waals surface area (Å²) in [6.07, 6.45) is 5.84. The van der Waals surface area contributed by atoms with Gasteiger partial charge in [-0.1, -0.05) is 6.42 Å². The molecule has 2 aliphatic carbocycles. The molecule has 0 aliphatic heterocycles. The minimum atomic E-state index is 0.650. The van der Waals surface area contributed by atoms with Crippen LogP contribution >= 0.6 is 0 Å². The van der Waals surface area contributed by atoms with Crippen molar-refractivity contribution in [2.75, 3.05) is 6.54 Å². The summed E-state index contributed by atoms with van der Waals surface area (Å²) in [6, 6.07) is 0. The van der Waals surface area contributed by atoms with Gasteiger partial charge < -0.3 is 9.73 Å². The van der Waals surface area contributed by atoms with Crippen LogP contribution in [0.15, 0.2) is 4.42 Å². The summed E-state index contributed by atoms with van der Waals surface area (Å²) in [7, 11) is 0. The molecule has 0 radical (unpaired) electrons. The van der Waals surface area contributed by atoms with Gasteiger partial charge in [0.15, 0.2) is 0 Å². The van der Waals surface area contributed by atoms with Crippen molar-refractivity contribution < 1.29 is 4.42 Å². The van der Waals surface area contributed by atoms with E-state index >= 15 is 0 Å². The van der Waals surface area contributed by atoms with Gasteiger partial charge in [0.2, 0.25) is 11.8 Å². The lowest BCUT2D eigenvalue weighted by atomic mass is 9.89. The third-order valence-corrected chi connectivity index (χ3v) is 4.14. The molecule has 1 N–H and O–H groups in total. The van der Waals surface area contributed by atoms with Crippen molar-refractivity contribution in [1.29, 1.82) is 0 Å². The van der Waals surface area contributed by atoms with E-state index in [9.17, 15) is 0 Å². The smallest absolute Gasteiger partial charge is 0.230 e. The molecule has 0 saturated heterocycles. The number of nitrogens with one attached hydrogen (secondary N) is 1. The largest absolute Gasteiger partial charge is 0.424 e. The van der Waals surface area contributed by atoms with Crippen molar-refractivity contribution in [3.05, 3.63) is 11.8 Å². The van der Waals surface area contributed by atoms with Gasteiger partial charge in [0.25, 0.3) is 0 Å². The van der Waals surface area contributed by atoms with E-state index < -0.39 is 0 Å². The Morgan fingerprint density at radius 2 is 2.25 bits per heavy atom. The molecule has 3 rings (SSSR count). The quantitative estimate of drug-likeness (QED) is 0.843. The highest BCUT2D eigenvalue weighted by molar-refractivity contribution is 4.91. The summed E-state index contributed by atoms with van der Waals surface area (Å²) < 4.78 is 5.33. The van der Waals surface area contributed by atoms with Crippen LogP contribution in [0.3, 0.4) is 0 Å². The first-order valence-corrected chi connectivity index (χ1v) is 6.31. The number of rotatable bonds is 4. The van der Waals surface area contributed by atoms with E-state index in [-0.39, 0.29) is 0 Å². The Morgan fingerprint density at radius 1 is 1.31 bits per heavy atom. The second-order valence-electron chi connectivity index (χ2n) is 5.28. The zero-order chi connectivity index (χ0) is 11.0. The topological polar surface area (TPSA) is 51.0 Å². The number of hydrogen-bond acceptors (Lipinski definition) is 4. The molecule has 0 spiro atoms. The maximum Gasteiger partial charge on any atom is 0.230 e. The van der Waals surface area contributed by atoms with Crippen LogP contribution < -0.4 is 5.32 Å². The molecule has 4 nitrogen and oxygen atoms in total. The second-order valence-corrected chi connectivity index (χ2v) is 5.28. The zero-order valence-electron chi connectivity index (χ0n) is 9.78. The Morgan fingerprint density at radius 3 is 2.88 bits per heavy atom. The average molecular weight is 221 g/mol. The summed E-state index contributed by atoms with van der Waals surface area (Å²) in [5, 5.41) is 11.2. The lowest BCUT2D eigenvalue weighted by Gasteiger charge is -2.21. The summed E-state index contributed by atoms with van der Waals surface area (Å²) in [5.74, 6) is 4.27. The predicted molar refractivity (Wildman–Crippen MR) is 59.7 cm³/mol. The molecule has 4 heteroatoms. The van der Waals surface area contributed by atoms with E-state index in [1.54, 1.807) is 0 Å². The molecular formula is C12H19N3O. The molecule has 0 amide bonds. The molecule has 2 aliphatic rings. The van der Waals surface area contributed by atoms with Crippen molar-refractivity contribution in [3.8, 4) is 0 Å². The molecule has 2 bridgehead atoms. The second kappa shape index (κ2) is 4.17. The molecule has 88 valence electrons. The molecule has 1 aromatic heterocycles. The van der Waals surface area contributed by atoms with Gasteiger partial charge in [-0.25, -0.2) is 0 Å². The van der Waals surface area contributed by atoms with Gasteiger partial charge in [0, 0.05) is 6.92 Å². The monoisotopic (exact) mass is 221 g/mol. The number of aromatic nitrogens is 2. The normalized spacial score (nSPS) is 32.4. The average Bonchev–Trinajstić information content (AvgIpc) is 2.94. The molecule has 0 aromatic carbocycles. The summed E-state index contributed by atoms with van der Waals surface area (Å²) in [5.41, 5.74) is 0. The van der Waals surface area contributed by atoms with Crippen LogP contribution in [0.5, 0.6) is 0 Å². The van der Waals surface area contributed by atoms with Gasteiger partial charge in [-0.3, -0.25) is 0 Å². The third kappa shape index (κ3) is 1.98. The molecule has 3 atom stereocenters. The van der Waals surface area contributed by atoms with Crippen LogP contribution in [0.2, 0.25) is 0 Å². The third-order valence-electron chi connectivity index (χ3n) is 4.14. The highest BCUT2D eigenvalue weighted by Crippen LogP contribution is 2.47. The van der Waals surface area contributed by atoms with Gasteiger partial charge in [-0.15, -0.1) is 10.2 Å². The Bertz CT molecular complexity index is 363. The minimum Gasteiger partial charge on any atom is -0.424 e. The van der Waals surface area contributed by atoms with E-state index in [1.807, 2.05) is 6.92 Å². The number of aryl methyl sites for hydroxylation is 1. The van der Waals surface area contributed by atoms with Gasteiger partial charge >= 0.3 is 0 Å². The van der Waals surface area contributed by atoms with Crippen molar-refractivity contribution in [2.45, 2.75) is 39.2 Å². The molecule has 1 heterocycles. The lowest BCUT2D eigenvalue weighted by Crippen LogP contribution is -2.26. The van der Waals surface area contributed by atoms with Gasteiger partial charge in [0.05, 0.1) is 6.54 Å². The maximum atomic E-state index is 5.33. The van der Waals surface area contributed by atoms with Crippen molar-refractivity contribution in [1.82, 2.24) is 15.5 Å². The number of fused-ring (bicyclic) bond motifs is 2. The van der Waals surface area contributed by atoms with E-state index in [0.717, 1.165) is 24.3 Å². The van der Waals surface area contributed by atoms with Crippen LogP contribution in [-0.4, -0.2) is 16.7 Å². The van der Waals surface area contributed by atoms with E-state index in [4.69, 9.17) is 4.42 Å². The van der Waals surface area contributed by atoms with E-state index in [1.165, 1.54) is 25.7 Å². The minimum absolute atomic E-state index is 0.650. The Hall–Kier alpha value is -0.900. The van der Waals surface area contributed by atoms with Crippen molar-refractivity contribution >= 4 is 0 Å². The van der Waals surface area contributed by atoms with Crippen LogP contribution in [0.1, 0.15) is 37.5 Å². The van der Waals surface area contributed by atoms with Crippen molar-refractivity contribution in [2.24, 2.45) is 17.8 Å². The Balaban J connectivity index is 1.44. The lowest BCUT2D eigenvalue weighted by molar-refractivity contribution is 0.312. The van der Waals surface area contributed by atoms with Crippen LogP contribution in [0.4, 0.5) is 0 Å². The SMILES string of the molecule is Cc1nnc(CNCC2CC3CCC2C3)o1. The Labute approximate surface area is 95.8 Å². The highest BCUT2D eigenvalue weighted by Gasteiger charge is 2.38. The maximum absolute atomic E-state index is 5.33. The fourth-order valence-electron chi connectivity index (χ4n) is 3.40. The molecular weight excluding hydrogens is 202 g/mol. The molecule has 3 unspecified atom stereocenters. The summed E-state index contributed by atoms with van der Waals surface area (Å²) in [4.78, 5) is 0. The van der Waals surface area contributed by atoms with E-state index in [0.29, 0.717) is 18.3 Å².